The summed E-state index contributed by atoms with van der Waals surface area (Å²) in [4.78, 5) is 25.8. The van der Waals surface area contributed by atoms with Crippen molar-refractivity contribution in [3.63, 3.8) is 0 Å². The first-order chi connectivity index (χ1) is 8.92. The molecule has 4 heteroatoms. The maximum Gasteiger partial charge on any atom is 0.261 e. The van der Waals surface area contributed by atoms with Crippen molar-refractivity contribution in [1.82, 2.24) is 4.90 Å². The average Bonchev–Trinajstić information content (AvgIpc) is 2.96. The van der Waals surface area contributed by atoms with Gasteiger partial charge in [0.1, 0.15) is 0 Å². The standard InChI is InChI=1S/C15H17NO3/c1-9(12-15(2,3)19-12)8-16-13(17)10-6-4-5-7-11(10)14(16)18/h4-7,9,12H,8H2,1-3H3. The minimum absolute atomic E-state index is 0.122. The normalized spacial score (nSPS) is 25.4. The second-order valence-electron chi connectivity index (χ2n) is 5.89. The molecular weight excluding hydrogens is 242 g/mol. The largest absolute Gasteiger partial charge is 0.366 e. The number of carbonyl (C=O) groups excluding carboxylic acids is 2. The van der Waals surface area contributed by atoms with Crippen molar-refractivity contribution in [2.75, 3.05) is 6.54 Å². The van der Waals surface area contributed by atoms with Gasteiger partial charge in [0.25, 0.3) is 11.8 Å². The van der Waals surface area contributed by atoms with Gasteiger partial charge in [-0.2, -0.15) is 0 Å². The summed E-state index contributed by atoms with van der Waals surface area (Å²) in [7, 11) is 0. The highest BCUT2D eigenvalue weighted by atomic mass is 16.6. The molecule has 2 atom stereocenters. The first-order valence-electron chi connectivity index (χ1n) is 6.55. The number of carbonyl (C=O) groups is 2. The number of hydrogen-bond donors (Lipinski definition) is 0. The predicted octanol–water partition coefficient (Wildman–Crippen LogP) is 2.10. The Bertz CT molecular complexity index is 529. The predicted molar refractivity (Wildman–Crippen MR) is 69.9 cm³/mol. The van der Waals surface area contributed by atoms with E-state index >= 15 is 0 Å². The van der Waals surface area contributed by atoms with Crippen molar-refractivity contribution in [2.45, 2.75) is 32.5 Å². The molecule has 0 aliphatic carbocycles. The zero-order chi connectivity index (χ0) is 13.8. The Morgan fingerprint density at radius 3 is 2.11 bits per heavy atom. The van der Waals surface area contributed by atoms with Crippen LogP contribution >= 0.6 is 0 Å². The molecule has 2 unspecified atom stereocenters. The monoisotopic (exact) mass is 259 g/mol. The van der Waals surface area contributed by atoms with E-state index in [4.69, 9.17) is 4.74 Å². The summed E-state index contributed by atoms with van der Waals surface area (Å²) in [5.41, 5.74) is 0.893. The van der Waals surface area contributed by atoms with E-state index in [1.54, 1.807) is 24.3 Å². The van der Waals surface area contributed by atoms with Gasteiger partial charge >= 0.3 is 0 Å². The number of benzene rings is 1. The van der Waals surface area contributed by atoms with Crippen LogP contribution in [0.5, 0.6) is 0 Å². The van der Waals surface area contributed by atoms with Crippen LogP contribution in [0, 0.1) is 5.92 Å². The number of epoxide rings is 1. The van der Waals surface area contributed by atoms with Crippen molar-refractivity contribution in [3.05, 3.63) is 35.4 Å². The van der Waals surface area contributed by atoms with E-state index in [2.05, 4.69) is 0 Å². The Morgan fingerprint density at radius 2 is 1.68 bits per heavy atom. The SMILES string of the molecule is CC(CN1C(=O)c2ccccc2C1=O)C1OC1(C)C. The third-order valence-electron chi connectivity index (χ3n) is 3.92. The smallest absolute Gasteiger partial charge is 0.261 e. The number of imide groups is 1. The molecule has 2 aliphatic heterocycles. The first-order valence-corrected chi connectivity index (χ1v) is 6.55. The molecule has 3 rings (SSSR count). The van der Waals surface area contributed by atoms with Gasteiger partial charge in [0.2, 0.25) is 0 Å². The first kappa shape index (κ1) is 12.4. The highest BCUT2D eigenvalue weighted by Crippen LogP contribution is 2.41. The molecule has 0 saturated carbocycles. The van der Waals surface area contributed by atoms with Gasteiger partial charge in [-0.3, -0.25) is 14.5 Å². The lowest BCUT2D eigenvalue weighted by atomic mass is 9.98. The number of fused-ring (bicyclic) bond motifs is 1. The van der Waals surface area contributed by atoms with Crippen LogP contribution in [0.4, 0.5) is 0 Å². The zero-order valence-corrected chi connectivity index (χ0v) is 11.3. The molecule has 1 aromatic rings. The van der Waals surface area contributed by atoms with Gasteiger partial charge < -0.3 is 4.74 Å². The Labute approximate surface area is 112 Å². The van der Waals surface area contributed by atoms with E-state index in [0.717, 1.165) is 0 Å². The van der Waals surface area contributed by atoms with Crippen LogP contribution in [0.3, 0.4) is 0 Å². The maximum absolute atomic E-state index is 12.2. The molecule has 1 saturated heterocycles. The number of nitrogens with zero attached hydrogens (tertiary/aromatic N) is 1. The molecule has 0 spiro atoms. The second kappa shape index (κ2) is 3.90. The molecule has 4 nitrogen and oxygen atoms in total. The fourth-order valence-corrected chi connectivity index (χ4v) is 2.88. The van der Waals surface area contributed by atoms with E-state index in [1.165, 1.54) is 4.90 Å². The summed E-state index contributed by atoms with van der Waals surface area (Å²) < 4.78 is 5.57. The molecular formula is C15H17NO3. The third kappa shape index (κ3) is 1.87. The Hall–Kier alpha value is -1.68. The van der Waals surface area contributed by atoms with E-state index < -0.39 is 0 Å². The summed E-state index contributed by atoms with van der Waals surface area (Å²) in [6, 6.07) is 6.98. The molecule has 2 aliphatic rings. The minimum Gasteiger partial charge on any atom is -0.366 e. The number of ether oxygens (including phenoxy) is 1. The van der Waals surface area contributed by atoms with E-state index in [9.17, 15) is 9.59 Å². The molecule has 19 heavy (non-hydrogen) atoms. The summed E-state index contributed by atoms with van der Waals surface area (Å²) >= 11 is 0. The topological polar surface area (TPSA) is 49.9 Å². The number of hydrogen-bond acceptors (Lipinski definition) is 3. The highest BCUT2D eigenvalue weighted by Gasteiger charge is 2.52. The van der Waals surface area contributed by atoms with Crippen LogP contribution in [0.25, 0.3) is 0 Å². The molecule has 0 radical (unpaired) electrons. The lowest BCUT2D eigenvalue weighted by Gasteiger charge is -2.18. The second-order valence-corrected chi connectivity index (χ2v) is 5.89. The molecule has 2 heterocycles. The average molecular weight is 259 g/mol. The minimum atomic E-state index is -0.189. The zero-order valence-electron chi connectivity index (χ0n) is 11.3. The van der Waals surface area contributed by atoms with Gasteiger partial charge in [-0.1, -0.05) is 19.1 Å². The van der Waals surface area contributed by atoms with Crippen molar-refractivity contribution in [1.29, 1.82) is 0 Å². The van der Waals surface area contributed by atoms with E-state index in [1.807, 2.05) is 20.8 Å². The summed E-state index contributed by atoms with van der Waals surface area (Å²) in [5.74, 6) is -0.228. The number of rotatable bonds is 3. The number of amides is 2. The Balaban J connectivity index is 1.78. The Morgan fingerprint density at radius 1 is 1.21 bits per heavy atom. The van der Waals surface area contributed by atoms with E-state index in [-0.39, 0.29) is 29.4 Å². The fraction of sp³-hybridized carbons (Fsp3) is 0.467. The molecule has 0 aromatic heterocycles. The van der Waals surface area contributed by atoms with Crippen LogP contribution in [-0.4, -0.2) is 35.0 Å². The van der Waals surface area contributed by atoms with Crippen LogP contribution in [-0.2, 0) is 4.74 Å². The molecule has 1 fully saturated rings. The molecule has 100 valence electrons. The lowest BCUT2D eigenvalue weighted by molar-refractivity contribution is 0.0625. The molecule has 2 amide bonds. The molecule has 1 aromatic carbocycles. The summed E-state index contributed by atoms with van der Waals surface area (Å²) in [5, 5.41) is 0. The van der Waals surface area contributed by atoms with E-state index in [0.29, 0.717) is 17.7 Å². The van der Waals surface area contributed by atoms with Gasteiger partial charge in [0, 0.05) is 12.5 Å². The van der Waals surface area contributed by atoms with Gasteiger partial charge in [0.05, 0.1) is 22.8 Å². The van der Waals surface area contributed by atoms with Crippen molar-refractivity contribution >= 4 is 11.8 Å². The van der Waals surface area contributed by atoms with Crippen molar-refractivity contribution in [2.24, 2.45) is 5.92 Å². The summed E-state index contributed by atoms with van der Waals surface area (Å²) in [6.07, 6.45) is 0.122. The molecule has 0 N–H and O–H groups in total. The quantitative estimate of drug-likeness (QED) is 0.617. The third-order valence-corrected chi connectivity index (χ3v) is 3.92. The maximum atomic E-state index is 12.2. The van der Waals surface area contributed by atoms with Crippen molar-refractivity contribution in [3.8, 4) is 0 Å². The van der Waals surface area contributed by atoms with Gasteiger partial charge in [-0.05, 0) is 26.0 Å². The molecule has 0 bridgehead atoms. The van der Waals surface area contributed by atoms with Crippen LogP contribution in [0.2, 0.25) is 0 Å². The van der Waals surface area contributed by atoms with Gasteiger partial charge in [0.15, 0.2) is 0 Å². The van der Waals surface area contributed by atoms with Crippen LogP contribution < -0.4 is 0 Å². The lowest BCUT2D eigenvalue weighted by Crippen LogP contribution is -2.36. The highest BCUT2D eigenvalue weighted by molar-refractivity contribution is 6.21. The summed E-state index contributed by atoms with van der Waals surface area (Å²) in [6.45, 7) is 6.48. The van der Waals surface area contributed by atoms with Gasteiger partial charge in [-0.15, -0.1) is 0 Å². The Kier molecular flexibility index (Phi) is 2.54. The van der Waals surface area contributed by atoms with Crippen LogP contribution in [0.1, 0.15) is 41.5 Å². The van der Waals surface area contributed by atoms with Gasteiger partial charge in [-0.25, -0.2) is 0 Å². The fourth-order valence-electron chi connectivity index (χ4n) is 2.88. The van der Waals surface area contributed by atoms with Crippen LogP contribution in [0.15, 0.2) is 24.3 Å². The van der Waals surface area contributed by atoms with Crippen molar-refractivity contribution < 1.29 is 14.3 Å².